The number of likely N-dealkylation sites (N-methyl/N-ethyl adjacent to an activating group) is 1. The van der Waals surface area contributed by atoms with Crippen molar-refractivity contribution in [2.75, 3.05) is 31.6 Å². The number of aliphatic hydroxyl groups is 1. The van der Waals surface area contributed by atoms with Crippen LogP contribution in [0, 0.1) is 0 Å². The Bertz CT molecular complexity index is 613. The number of hydrogen-bond acceptors (Lipinski definition) is 5. The molecule has 0 atom stereocenters. The average molecular weight is 302 g/mol. The number of nitrogens with zero attached hydrogens (tertiary/aromatic N) is 3. The lowest BCUT2D eigenvalue weighted by Gasteiger charge is -2.19. The molecule has 0 saturated carbocycles. The van der Waals surface area contributed by atoms with Gasteiger partial charge in [0.05, 0.1) is 12.1 Å². The standard InChI is InChI=1S/C16H22N4O2/c1-20(11-15(22)17-9-5-2-6-10-21)16-13-7-3-4-8-14(13)18-12-19-16/h3-4,7-8,12,21H,2,5-6,9-11H2,1H3,(H,17,22). The zero-order valence-corrected chi connectivity index (χ0v) is 12.8. The number of carbonyl (C=O) groups is 1. The molecule has 6 heteroatoms. The van der Waals surface area contributed by atoms with Crippen LogP contribution in [0.15, 0.2) is 30.6 Å². The summed E-state index contributed by atoms with van der Waals surface area (Å²) in [5, 5.41) is 12.5. The monoisotopic (exact) mass is 302 g/mol. The van der Waals surface area contributed by atoms with Crippen LogP contribution in [0.3, 0.4) is 0 Å². The van der Waals surface area contributed by atoms with Gasteiger partial charge < -0.3 is 15.3 Å². The number of unbranched alkanes of at least 4 members (excludes halogenated alkanes) is 2. The van der Waals surface area contributed by atoms with Crippen LogP contribution in [0.1, 0.15) is 19.3 Å². The summed E-state index contributed by atoms with van der Waals surface area (Å²) < 4.78 is 0. The SMILES string of the molecule is CN(CC(=O)NCCCCCO)c1ncnc2ccccc12. The van der Waals surface area contributed by atoms with Gasteiger partial charge in [0.2, 0.25) is 5.91 Å². The van der Waals surface area contributed by atoms with Gasteiger partial charge in [0.1, 0.15) is 12.1 Å². The fraction of sp³-hybridized carbons (Fsp3) is 0.438. The van der Waals surface area contributed by atoms with Gasteiger partial charge in [-0.3, -0.25) is 4.79 Å². The highest BCUT2D eigenvalue weighted by molar-refractivity contribution is 5.91. The third-order valence-electron chi connectivity index (χ3n) is 3.42. The molecule has 2 N–H and O–H groups in total. The molecule has 1 aromatic heterocycles. The van der Waals surface area contributed by atoms with Crippen molar-refractivity contribution in [2.45, 2.75) is 19.3 Å². The van der Waals surface area contributed by atoms with E-state index in [1.165, 1.54) is 6.33 Å². The van der Waals surface area contributed by atoms with Crippen molar-refractivity contribution in [3.63, 3.8) is 0 Å². The second-order valence-electron chi connectivity index (χ2n) is 5.20. The van der Waals surface area contributed by atoms with Crippen LogP contribution in [0.25, 0.3) is 10.9 Å². The molecule has 22 heavy (non-hydrogen) atoms. The number of anilines is 1. The predicted molar refractivity (Wildman–Crippen MR) is 86.8 cm³/mol. The van der Waals surface area contributed by atoms with E-state index in [1.54, 1.807) is 0 Å². The first-order valence-electron chi connectivity index (χ1n) is 7.51. The second-order valence-corrected chi connectivity index (χ2v) is 5.20. The van der Waals surface area contributed by atoms with Crippen molar-refractivity contribution in [3.8, 4) is 0 Å². The van der Waals surface area contributed by atoms with Gasteiger partial charge in [-0.2, -0.15) is 0 Å². The van der Waals surface area contributed by atoms with E-state index >= 15 is 0 Å². The maximum atomic E-state index is 11.9. The van der Waals surface area contributed by atoms with Crippen LogP contribution >= 0.6 is 0 Å². The third kappa shape index (κ3) is 4.39. The van der Waals surface area contributed by atoms with E-state index < -0.39 is 0 Å². The van der Waals surface area contributed by atoms with Gasteiger partial charge in [-0.25, -0.2) is 9.97 Å². The Balaban J connectivity index is 1.91. The number of nitrogens with one attached hydrogen (secondary N) is 1. The lowest BCUT2D eigenvalue weighted by molar-refractivity contribution is -0.119. The van der Waals surface area contributed by atoms with Gasteiger partial charge in [0.15, 0.2) is 0 Å². The van der Waals surface area contributed by atoms with Crippen molar-refractivity contribution in [1.82, 2.24) is 15.3 Å². The number of carbonyl (C=O) groups excluding carboxylic acids is 1. The van der Waals surface area contributed by atoms with E-state index in [1.807, 2.05) is 36.2 Å². The van der Waals surface area contributed by atoms with Crippen LogP contribution in [0.2, 0.25) is 0 Å². The Kier molecular flexibility index (Phi) is 6.09. The van der Waals surface area contributed by atoms with Crippen molar-refractivity contribution >= 4 is 22.6 Å². The summed E-state index contributed by atoms with van der Waals surface area (Å²) in [5.41, 5.74) is 0.865. The average Bonchev–Trinajstić information content (AvgIpc) is 2.54. The number of amides is 1. The summed E-state index contributed by atoms with van der Waals surface area (Å²) in [6, 6.07) is 7.74. The van der Waals surface area contributed by atoms with Crippen molar-refractivity contribution < 1.29 is 9.90 Å². The topological polar surface area (TPSA) is 78.4 Å². The molecule has 1 aromatic carbocycles. The number of aromatic nitrogens is 2. The maximum absolute atomic E-state index is 11.9. The molecule has 1 heterocycles. The van der Waals surface area contributed by atoms with Crippen LogP contribution in [-0.4, -0.2) is 47.7 Å². The van der Waals surface area contributed by atoms with Gasteiger partial charge >= 0.3 is 0 Å². The zero-order valence-electron chi connectivity index (χ0n) is 12.8. The summed E-state index contributed by atoms with van der Waals surface area (Å²) in [6.07, 6.45) is 4.10. The lowest BCUT2D eigenvalue weighted by atomic mass is 10.2. The normalized spacial score (nSPS) is 10.6. The molecule has 118 valence electrons. The number of aliphatic hydroxyl groups excluding tert-OH is 1. The first-order valence-corrected chi connectivity index (χ1v) is 7.51. The fourth-order valence-electron chi connectivity index (χ4n) is 2.28. The van der Waals surface area contributed by atoms with Crippen molar-refractivity contribution in [3.05, 3.63) is 30.6 Å². The number of fused-ring (bicyclic) bond motifs is 1. The van der Waals surface area contributed by atoms with Gasteiger partial charge in [-0.15, -0.1) is 0 Å². The fourth-order valence-corrected chi connectivity index (χ4v) is 2.28. The minimum absolute atomic E-state index is 0.0332. The van der Waals surface area contributed by atoms with Gasteiger partial charge in [-0.05, 0) is 31.4 Å². The van der Waals surface area contributed by atoms with Crippen LogP contribution in [0.5, 0.6) is 0 Å². The molecule has 1 amide bonds. The molecule has 0 aliphatic carbocycles. The predicted octanol–water partition coefficient (Wildman–Crippen LogP) is 1.34. The molecule has 0 aliphatic heterocycles. The Hall–Kier alpha value is -2.21. The molecule has 0 saturated heterocycles. The molecule has 0 fully saturated rings. The molecule has 0 aliphatic rings. The Labute approximate surface area is 130 Å². The van der Waals surface area contributed by atoms with Crippen LogP contribution in [0.4, 0.5) is 5.82 Å². The number of para-hydroxylation sites is 1. The summed E-state index contributed by atoms with van der Waals surface area (Å²) in [4.78, 5) is 22.3. The lowest BCUT2D eigenvalue weighted by Crippen LogP contribution is -2.36. The van der Waals surface area contributed by atoms with Crippen molar-refractivity contribution in [1.29, 1.82) is 0 Å². The summed E-state index contributed by atoms with van der Waals surface area (Å²) in [6.45, 7) is 1.09. The van der Waals surface area contributed by atoms with Crippen molar-refractivity contribution in [2.24, 2.45) is 0 Å². The molecular weight excluding hydrogens is 280 g/mol. The number of rotatable bonds is 8. The molecule has 0 unspecified atom stereocenters. The van der Waals surface area contributed by atoms with E-state index in [0.29, 0.717) is 6.54 Å². The van der Waals surface area contributed by atoms with E-state index in [2.05, 4.69) is 15.3 Å². The third-order valence-corrected chi connectivity index (χ3v) is 3.42. The summed E-state index contributed by atoms with van der Waals surface area (Å²) in [5.74, 6) is 0.718. The van der Waals surface area contributed by atoms with Gasteiger partial charge in [-0.1, -0.05) is 12.1 Å². The highest BCUT2D eigenvalue weighted by Crippen LogP contribution is 2.20. The smallest absolute Gasteiger partial charge is 0.239 e. The van der Waals surface area contributed by atoms with E-state index in [-0.39, 0.29) is 19.1 Å². The van der Waals surface area contributed by atoms with E-state index in [0.717, 1.165) is 36.0 Å². The largest absolute Gasteiger partial charge is 0.396 e. The Morgan fingerprint density at radius 1 is 1.23 bits per heavy atom. The maximum Gasteiger partial charge on any atom is 0.239 e. The van der Waals surface area contributed by atoms with E-state index in [4.69, 9.17) is 5.11 Å². The van der Waals surface area contributed by atoms with Gasteiger partial charge in [0.25, 0.3) is 0 Å². The molecular formula is C16H22N4O2. The molecule has 6 nitrogen and oxygen atoms in total. The quantitative estimate of drug-likeness (QED) is 0.720. The molecule has 2 aromatic rings. The molecule has 0 spiro atoms. The van der Waals surface area contributed by atoms with Crippen LogP contribution < -0.4 is 10.2 Å². The first kappa shape index (κ1) is 16.2. The Morgan fingerprint density at radius 2 is 2.05 bits per heavy atom. The van der Waals surface area contributed by atoms with Gasteiger partial charge in [0, 0.05) is 25.6 Å². The highest BCUT2D eigenvalue weighted by atomic mass is 16.2. The number of hydrogen-bond donors (Lipinski definition) is 2. The molecule has 2 rings (SSSR count). The van der Waals surface area contributed by atoms with Crippen LogP contribution in [-0.2, 0) is 4.79 Å². The zero-order chi connectivity index (χ0) is 15.8. The minimum atomic E-state index is -0.0332. The molecule has 0 radical (unpaired) electrons. The summed E-state index contributed by atoms with van der Waals surface area (Å²) >= 11 is 0. The highest BCUT2D eigenvalue weighted by Gasteiger charge is 2.11. The first-order chi connectivity index (χ1) is 10.7. The minimum Gasteiger partial charge on any atom is -0.396 e. The number of benzene rings is 1. The second kappa shape index (κ2) is 8.29. The Morgan fingerprint density at radius 3 is 2.86 bits per heavy atom. The molecule has 0 bridgehead atoms. The summed E-state index contributed by atoms with van der Waals surface area (Å²) in [7, 11) is 1.85. The van der Waals surface area contributed by atoms with E-state index in [9.17, 15) is 4.79 Å².